The Morgan fingerprint density at radius 1 is 1.50 bits per heavy atom. The van der Waals surface area contributed by atoms with E-state index in [2.05, 4.69) is 10.1 Å². The van der Waals surface area contributed by atoms with E-state index in [4.69, 9.17) is 0 Å². The van der Waals surface area contributed by atoms with Gasteiger partial charge in [-0.2, -0.15) is 5.10 Å². The fourth-order valence-electron chi connectivity index (χ4n) is 1.75. The SMILES string of the molecule is Cc1cc(C(O)Cc2csc(C)n2)n(C)n1. The molecule has 2 heterocycles. The van der Waals surface area contributed by atoms with E-state index in [0.29, 0.717) is 6.42 Å². The Kier molecular flexibility index (Phi) is 3.07. The predicted molar refractivity (Wildman–Crippen MR) is 63.5 cm³/mol. The van der Waals surface area contributed by atoms with Gasteiger partial charge in [0.1, 0.15) is 6.10 Å². The van der Waals surface area contributed by atoms with Gasteiger partial charge in [0.2, 0.25) is 0 Å². The first-order chi connectivity index (χ1) is 7.56. The van der Waals surface area contributed by atoms with Gasteiger partial charge >= 0.3 is 0 Å². The lowest BCUT2D eigenvalue weighted by Crippen LogP contribution is -2.08. The number of hydrogen-bond donors (Lipinski definition) is 1. The summed E-state index contributed by atoms with van der Waals surface area (Å²) in [5, 5.41) is 17.3. The fraction of sp³-hybridized carbons (Fsp3) is 0.455. The molecule has 4 nitrogen and oxygen atoms in total. The largest absolute Gasteiger partial charge is 0.386 e. The highest BCUT2D eigenvalue weighted by Gasteiger charge is 2.14. The minimum Gasteiger partial charge on any atom is -0.386 e. The highest BCUT2D eigenvalue weighted by atomic mass is 32.1. The van der Waals surface area contributed by atoms with Crippen LogP contribution in [0.2, 0.25) is 0 Å². The van der Waals surface area contributed by atoms with Crippen molar-refractivity contribution in [2.45, 2.75) is 26.4 Å². The van der Waals surface area contributed by atoms with Crippen LogP contribution in [0.1, 0.15) is 28.2 Å². The van der Waals surface area contributed by atoms with Crippen LogP contribution in [0.4, 0.5) is 0 Å². The maximum absolute atomic E-state index is 10.1. The van der Waals surface area contributed by atoms with Crippen molar-refractivity contribution in [1.82, 2.24) is 14.8 Å². The first-order valence-electron chi connectivity index (χ1n) is 5.16. The molecule has 0 aliphatic heterocycles. The number of aliphatic hydroxyl groups excluding tert-OH is 1. The van der Waals surface area contributed by atoms with E-state index in [1.807, 2.05) is 32.3 Å². The molecule has 0 amide bonds. The molecule has 0 aromatic carbocycles. The van der Waals surface area contributed by atoms with E-state index >= 15 is 0 Å². The fourth-order valence-corrected chi connectivity index (χ4v) is 2.37. The van der Waals surface area contributed by atoms with Crippen LogP contribution in [-0.4, -0.2) is 19.9 Å². The Bertz CT molecular complexity index is 489. The van der Waals surface area contributed by atoms with Crippen molar-refractivity contribution in [2.75, 3.05) is 0 Å². The molecule has 86 valence electrons. The van der Waals surface area contributed by atoms with Gasteiger partial charge in [0.15, 0.2) is 0 Å². The van der Waals surface area contributed by atoms with Crippen molar-refractivity contribution in [2.24, 2.45) is 7.05 Å². The van der Waals surface area contributed by atoms with Crippen LogP contribution in [0.5, 0.6) is 0 Å². The Morgan fingerprint density at radius 2 is 2.25 bits per heavy atom. The molecule has 1 unspecified atom stereocenters. The summed E-state index contributed by atoms with van der Waals surface area (Å²) in [4.78, 5) is 4.34. The molecule has 0 aliphatic rings. The summed E-state index contributed by atoms with van der Waals surface area (Å²) in [5.41, 5.74) is 2.70. The zero-order chi connectivity index (χ0) is 11.7. The maximum Gasteiger partial charge on any atom is 0.101 e. The molecule has 1 N–H and O–H groups in total. The molecule has 2 aromatic rings. The van der Waals surface area contributed by atoms with Gasteiger partial charge in [-0.1, -0.05) is 0 Å². The van der Waals surface area contributed by atoms with E-state index in [-0.39, 0.29) is 0 Å². The van der Waals surface area contributed by atoms with Crippen LogP contribution in [-0.2, 0) is 13.5 Å². The third-order valence-corrected chi connectivity index (χ3v) is 3.27. The minimum absolute atomic E-state index is 0.535. The van der Waals surface area contributed by atoms with E-state index in [1.165, 1.54) is 0 Å². The van der Waals surface area contributed by atoms with Gasteiger partial charge in [-0.25, -0.2) is 4.98 Å². The number of nitrogens with zero attached hydrogens (tertiary/aromatic N) is 3. The predicted octanol–water partition coefficient (Wildman–Crippen LogP) is 1.77. The number of aromatic nitrogens is 3. The zero-order valence-electron chi connectivity index (χ0n) is 9.64. The molecule has 0 radical (unpaired) electrons. The Balaban J connectivity index is 2.14. The van der Waals surface area contributed by atoms with Gasteiger partial charge in [-0.3, -0.25) is 4.68 Å². The van der Waals surface area contributed by atoms with Gasteiger partial charge in [0.25, 0.3) is 0 Å². The highest BCUT2D eigenvalue weighted by molar-refractivity contribution is 7.09. The molecule has 2 rings (SSSR count). The molecule has 0 aliphatic carbocycles. The molecule has 0 saturated heterocycles. The minimum atomic E-state index is -0.535. The highest BCUT2D eigenvalue weighted by Crippen LogP contribution is 2.19. The van der Waals surface area contributed by atoms with Crippen LogP contribution < -0.4 is 0 Å². The molecule has 5 heteroatoms. The topological polar surface area (TPSA) is 50.9 Å². The van der Waals surface area contributed by atoms with Gasteiger partial charge in [-0.05, 0) is 19.9 Å². The average molecular weight is 237 g/mol. The second-order valence-corrected chi connectivity index (χ2v) is 4.97. The summed E-state index contributed by atoms with van der Waals surface area (Å²) in [6.45, 7) is 3.89. The van der Waals surface area contributed by atoms with E-state index in [9.17, 15) is 5.11 Å². The molecular weight excluding hydrogens is 222 g/mol. The van der Waals surface area contributed by atoms with Crippen molar-refractivity contribution < 1.29 is 5.11 Å². The Labute approximate surface area is 98.6 Å². The average Bonchev–Trinajstić information content (AvgIpc) is 2.73. The summed E-state index contributed by atoms with van der Waals surface area (Å²) < 4.78 is 1.72. The zero-order valence-corrected chi connectivity index (χ0v) is 10.5. The number of thiazole rings is 1. The standard InChI is InChI=1S/C11H15N3OS/c1-7-4-10(14(3)13-7)11(15)5-9-6-16-8(2)12-9/h4,6,11,15H,5H2,1-3H3. The lowest BCUT2D eigenvalue weighted by molar-refractivity contribution is 0.167. The van der Waals surface area contributed by atoms with Crippen LogP contribution in [0.15, 0.2) is 11.4 Å². The van der Waals surface area contributed by atoms with Crippen LogP contribution >= 0.6 is 11.3 Å². The second-order valence-electron chi connectivity index (χ2n) is 3.91. The van der Waals surface area contributed by atoms with E-state index < -0.39 is 6.10 Å². The number of aliphatic hydroxyl groups is 1. The molecule has 1 atom stereocenters. The summed E-state index contributed by atoms with van der Waals surface area (Å²) in [5.74, 6) is 0. The van der Waals surface area contributed by atoms with Gasteiger partial charge in [-0.15, -0.1) is 11.3 Å². The molecule has 2 aromatic heterocycles. The number of hydrogen-bond acceptors (Lipinski definition) is 4. The molecule has 0 fully saturated rings. The first-order valence-corrected chi connectivity index (χ1v) is 6.04. The molecule has 16 heavy (non-hydrogen) atoms. The van der Waals surface area contributed by atoms with Crippen molar-refractivity contribution in [3.8, 4) is 0 Å². The van der Waals surface area contributed by atoms with E-state index in [1.54, 1.807) is 16.0 Å². The van der Waals surface area contributed by atoms with Gasteiger partial charge in [0.05, 0.1) is 22.1 Å². The van der Waals surface area contributed by atoms with Gasteiger partial charge < -0.3 is 5.11 Å². The smallest absolute Gasteiger partial charge is 0.101 e. The molecule has 0 bridgehead atoms. The van der Waals surface area contributed by atoms with Crippen molar-refractivity contribution >= 4 is 11.3 Å². The van der Waals surface area contributed by atoms with Crippen LogP contribution in [0, 0.1) is 13.8 Å². The molecule has 0 spiro atoms. The molecule has 0 saturated carbocycles. The second kappa shape index (κ2) is 4.35. The maximum atomic E-state index is 10.1. The van der Waals surface area contributed by atoms with Crippen molar-refractivity contribution in [3.63, 3.8) is 0 Å². The number of rotatable bonds is 3. The third-order valence-electron chi connectivity index (χ3n) is 2.45. The Hall–Kier alpha value is -1.20. The quantitative estimate of drug-likeness (QED) is 0.885. The van der Waals surface area contributed by atoms with Crippen LogP contribution in [0.25, 0.3) is 0 Å². The van der Waals surface area contributed by atoms with Crippen molar-refractivity contribution in [3.05, 3.63) is 33.5 Å². The van der Waals surface area contributed by atoms with Crippen LogP contribution in [0.3, 0.4) is 0 Å². The normalized spacial score (nSPS) is 13.0. The van der Waals surface area contributed by atoms with E-state index in [0.717, 1.165) is 22.1 Å². The lowest BCUT2D eigenvalue weighted by atomic mass is 10.1. The Morgan fingerprint density at radius 3 is 2.75 bits per heavy atom. The monoisotopic (exact) mass is 237 g/mol. The third kappa shape index (κ3) is 2.31. The number of aryl methyl sites for hydroxylation is 3. The van der Waals surface area contributed by atoms with Crippen molar-refractivity contribution in [1.29, 1.82) is 0 Å². The summed E-state index contributed by atoms with van der Waals surface area (Å²) in [6, 6.07) is 1.91. The molecular formula is C11H15N3OS. The summed E-state index contributed by atoms with van der Waals surface area (Å²) >= 11 is 1.61. The summed E-state index contributed by atoms with van der Waals surface area (Å²) in [7, 11) is 1.85. The van der Waals surface area contributed by atoms with Gasteiger partial charge in [0, 0.05) is 18.8 Å². The first kappa shape index (κ1) is 11.3. The lowest BCUT2D eigenvalue weighted by Gasteiger charge is -2.08. The summed E-state index contributed by atoms with van der Waals surface area (Å²) in [6.07, 6.45) is 0.0104.